The summed E-state index contributed by atoms with van der Waals surface area (Å²) in [6, 6.07) is 30.5. The Morgan fingerprint density at radius 2 is 1.06 bits per heavy atom. The first-order valence-corrected chi connectivity index (χ1v) is 24.9. The molecule has 0 fully saturated rings. The lowest BCUT2D eigenvalue weighted by Crippen LogP contribution is -2.51. The molecular formula is C48H62N8O12S2. The fraction of sp³-hybridized carbons (Fsp3) is 0.417. The number of rotatable bonds is 21. The first-order chi connectivity index (χ1) is 32.7. The summed E-state index contributed by atoms with van der Waals surface area (Å²) in [6.07, 6.45) is -4.04. The second-order valence-corrected chi connectivity index (χ2v) is 21.8. The van der Waals surface area contributed by atoms with Gasteiger partial charge in [-0.3, -0.25) is 10.1 Å². The maximum Gasteiger partial charge on any atom is 0.407 e. The van der Waals surface area contributed by atoms with Gasteiger partial charge in [0.25, 0.3) is 5.69 Å². The Morgan fingerprint density at radius 3 is 1.41 bits per heavy atom. The highest BCUT2D eigenvalue weighted by molar-refractivity contribution is 7.89. The van der Waals surface area contributed by atoms with E-state index in [-0.39, 0.29) is 60.8 Å². The third-order valence-electron chi connectivity index (χ3n) is 9.82. The van der Waals surface area contributed by atoms with E-state index in [0.717, 1.165) is 31.9 Å². The quantitative estimate of drug-likeness (QED) is 0.0382. The Bertz CT molecular complexity index is 2650. The number of hydrogen-bond donors (Lipinski definition) is 5. The van der Waals surface area contributed by atoms with Crippen LogP contribution in [0, 0.1) is 32.8 Å². The number of nitrogens with two attached hydrogens (primary N) is 1. The molecule has 4 aromatic carbocycles. The number of nitrogen functional groups attached to an aromatic ring is 1. The van der Waals surface area contributed by atoms with E-state index >= 15 is 0 Å². The molecule has 378 valence electrons. The molecule has 0 aliphatic rings. The molecule has 0 aromatic heterocycles. The number of non-ortho nitro benzene ring substituents is 1. The normalized spacial score (nSPS) is 13.5. The van der Waals surface area contributed by atoms with Crippen molar-refractivity contribution in [2.24, 2.45) is 0 Å². The maximum atomic E-state index is 13.3. The summed E-state index contributed by atoms with van der Waals surface area (Å²) >= 11 is 0. The van der Waals surface area contributed by atoms with Crippen LogP contribution >= 0.6 is 0 Å². The van der Waals surface area contributed by atoms with Gasteiger partial charge in [-0.05, 0) is 89.8 Å². The summed E-state index contributed by atoms with van der Waals surface area (Å²) in [4.78, 5) is 34.9. The Morgan fingerprint density at radius 1 is 0.671 bits per heavy atom. The van der Waals surface area contributed by atoms with Crippen molar-refractivity contribution in [2.45, 2.75) is 113 Å². The Labute approximate surface area is 409 Å². The number of alkyl carbamates (subject to hydrolysis) is 2. The van der Waals surface area contributed by atoms with E-state index in [4.69, 9.17) is 25.7 Å². The molecule has 20 nitrogen and oxygen atoms in total. The van der Waals surface area contributed by atoms with Crippen molar-refractivity contribution in [2.75, 3.05) is 31.9 Å². The van der Waals surface area contributed by atoms with Crippen LogP contribution in [0.2, 0.25) is 0 Å². The number of nitriles is 2. The Kier molecular flexibility index (Phi) is 21.7. The molecule has 0 aliphatic carbocycles. The fourth-order valence-corrected chi connectivity index (χ4v) is 9.60. The lowest BCUT2D eigenvalue weighted by atomic mass is 10.0. The van der Waals surface area contributed by atoms with Gasteiger partial charge in [0.1, 0.15) is 11.2 Å². The third kappa shape index (κ3) is 19.4. The topological polar surface area (TPSA) is 309 Å². The monoisotopic (exact) mass is 1010 g/mol. The van der Waals surface area contributed by atoms with Gasteiger partial charge in [0.05, 0.1) is 51.1 Å². The number of benzene rings is 4. The van der Waals surface area contributed by atoms with Gasteiger partial charge in [0.2, 0.25) is 20.0 Å². The second-order valence-electron chi connectivity index (χ2n) is 17.9. The van der Waals surface area contributed by atoms with Crippen molar-refractivity contribution in [3.05, 3.63) is 130 Å². The molecule has 22 heteroatoms. The first-order valence-electron chi connectivity index (χ1n) is 22.0. The summed E-state index contributed by atoms with van der Waals surface area (Å²) < 4.78 is 65.7. The number of nitro groups is 1. The van der Waals surface area contributed by atoms with E-state index in [1.807, 2.05) is 48.5 Å². The van der Waals surface area contributed by atoms with Crippen LogP contribution in [0.3, 0.4) is 0 Å². The average Bonchev–Trinajstić information content (AvgIpc) is 3.28. The number of carbonyl (C=O) groups is 2. The van der Waals surface area contributed by atoms with Gasteiger partial charge in [-0.25, -0.2) is 26.4 Å². The lowest BCUT2D eigenvalue weighted by Gasteiger charge is -2.30. The van der Waals surface area contributed by atoms with Crippen molar-refractivity contribution in [1.82, 2.24) is 19.2 Å². The van der Waals surface area contributed by atoms with Crippen LogP contribution in [0.15, 0.2) is 119 Å². The molecule has 4 atom stereocenters. The number of aliphatic hydroxyl groups excluding tert-OH is 2. The molecular weight excluding hydrogens is 945 g/mol. The molecule has 0 spiro atoms. The number of anilines is 1. The highest BCUT2D eigenvalue weighted by Crippen LogP contribution is 2.24. The minimum atomic E-state index is -4.31. The third-order valence-corrected chi connectivity index (χ3v) is 13.5. The van der Waals surface area contributed by atoms with Crippen LogP contribution in [-0.4, -0.2) is 114 Å². The summed E-state index contributed by atoms with van der Waals surface area (Å²) in [7, 11) is -8.37. The molecule has 1 unspecified atom stereocenters. The zero-order valence-corrected chi connectivity index (χ0v) is 41.6. The molecule has 2 amide bonds. The lowest BCUT2D eigenvalue weighted by molar-refractivity contribution is -0.385. The number of nitrogens with one attached hydrogen (secondary N) is 2. The molecule has 70 heavy (non-hydrogen) atoms. The maximum absolute atomic E-state index is 13.3. The number of nitrogens with zero attached hydrogens (tertiary/aromatic N) is 5. The Balaban J connectivity index is 0.000000371. The van der Waals surface area contributed by atoms with Crippen LogP contribution < -0.4 is 16.4 Å². The average molecular weight is 1010 g/mol. The predicted octanol–water partition coefficient (Wildman–Crippen LogP) is 5.67. The number of ether oxygens (including phenoxy) is 2. The van der Waals surface area contributed by atoms with E-state index in [1.165, 1.54) is 30.3 Å². The second kappa shape index (κ2) is 26.4. The minimum absolute atomic E-state index is 0.0441. The van der Waals surface area contributed by atoms with Gasteiger partial charge in [0.15, 0.2) is 0 Å². The van der Waals surface area contributed by atoms with E-state index in [9.17, 15) is 46.8 Å². The molecule has 4 aromatic rings. The molecule has 4 rings (SSSR count). The van der Waals surface area contributed by atoms with E-state index in [1.54, 1.807) is 71.9 Å². The Hall–Kier alpha value is -6.66. The number of nitro benzene ring substituents is 1. The van der Waals surface area contributed by atoms with Crippen molar-refractivity contribution < 1.29 is 51.0 Å². The fourth-order valence-electron chi connectivity index (χ4n) is 6.59. The molecule has 0 aliphatic heterocycles. The number of aliphatic hydroxyl groups is 2. The predicted molar refractivity (Wildman–Crippen MR) is 261 cm³/mol. The van der Waals surface area contributed by atoms with Crippen molar-refractivity contribution in [3.63, 3.8) is 0 Å². The van der Waals surface area contributed by atoms with Gasteiger partial charge in [-0.1, -0.05) is 72.8 Å². The van der Waals surface area contributed by atoms with Gasteiger partial charge in [-0.15, -0.1) is 0 Å². The summed E-state index contributed by atoms with van der Waals surface area (Å²) in [5.41, 5.74) is 5.69. The van der Waals surface area contributed by atoms with Gasteiger partial charge < -0.3 is 36.1 Å². The van der Waals surface area contributed by atoms with E-state index in [2.05, 4.69) is 10.6 Å². The molecule has 0 bridgehead atoms. The molecule has 0 radical (unpaired) electrons. The van der Waals surface area contributed by atoms with Gasteiger partial charge >= 0.3 is 12.2 Å². The zero-order chi connectivity index (χ0) is 52.3. The van der Waals surface area contributed by atoms with E-state index in [0.29, 0.717) is 0 Å². The van der Waals surface area contributed by atoms with Crippen LogP contribution in [0.5, 0.6) is 0 Å². The standard InChI is InChI=1S/C24H30N4O7S.C24H32N4O5S/c1-24(2,3)35-23(30)26-21(15-18-9-5-4-6-10-18)22(29)17-27(14-8-13-25)36(33,34)20-12-7-11-19(16-20)28(31)32;1-24(2,3)33-23(30)27-21(15-18-9-5-4-6-10-18)22(29)17-28(14-8-13-25)34(31,32)20-12-7-11-19(26)16-20/h4-7,9-12,16,21-22,29H,8,14-15,17H2,1-3H3,(H,26,30);4-7,9-12,16,21-22,29H,8,14-15,17,26H2,1-3H3,(H,27,30)/t21-,22?;21-,22+/m00/s1. The zero-order valence-electron chi connectivity index (χ0n) is 40.0. The largest absolute Gasteiger partial charge is 0.444 e. The molecule has 6 N–H and O–H groups in total. The first kappa shape index (κ1) is 57.7. The summed E-state index contributed by atoms with van der Waals surface area (Å²) in [5, 5.41) is 56.6. The van der Waals surface area contributed by atoms with Crippen LogP contribution in [-0.2, 0) is 42.4 Å². The summed E-state index contributed by atoms with van der Waals surface area (Å²) in [5.74, 6) is 0. The molecule has 0 saturated carbocycles. The van der Waals surface area contributed by atoms with Crippen molar-refractivity contribution in [3.8, 4) is 12.1 Å². The SMILES string of the molecule is CC(C)(C)OC(=O)N[C@@H](Cc1ccccc1)C(O)CN(CCC#N)S(=O)(=O)c1cccc([N+](=O)[O-])c1.CC(C)(C)OC(=O)N[C@@H](Cc1ccccc1)[C@H](O)CN(CCC#N)S(=O)(=O)c1cccc(N)c1. The minimum Gasteiger partial charge on any atom is -0.444 e. The van der Waals surface area contributed by atoms with Crippen molar-refractivity contribution >= 4 is 43.6 Å². The van der Waals surface area contributed by atoms with Crippen LogP contribution in [0.4, 0.5) is 21.0 Å². The van der Waals surface area contributed by atoms with Crippen LogP contribution in [0.25, 0.3) is 0 Å². The number of amides is 2. The number of carbonyl (C=O) groups excluding carboxylic acids is 2. The highest BCUT2D eigenvalue weighted by atomic mass is 32.2. The molecule has 0 saturated heterocycles. The molecule has 0 heterocycles. The summed E-state index contributed by atoms with van der Waals surface area (Å²) in [6.45, 7) is 9.01. The number of sulfonamides is 2. The smallest absolute Gasteiger partial charge is 0.407 e. The van der Waals surface area contributed by atoms with Gasteiger partial charge in [0, 0.05) is 56.8 Å². The van der Waals surface area contributed by atoms with E-state index < -0.39 is 84.9 Å². The van der Waals surface area contributed by atoms with Crippen molar-refractivity contribution in [1.29, 1.82) is 10.5 Å². The van der Waals surface area contributed by atoms with Crippen LogP contribution in [0.1, 0.15) is 65.5 Å². The number of hydrogen-bond acceptors (Lipinski definition) is 15. The van der Waals surface area contributed by atoms with Gasteiger partial charge in [-0.2, -0.15) is 19.1 Å². The highest BCUT2D eigenvalue weighted by Gasteiger charge is 2.34.